The molecule has 3 aromatic carbocycles. The van der Waals surface area contributed by atoms with Crippen molar-refractivity contribution >= 4 is 35.0 Å². The summed E-state index contributed by atoms with van der Waals surface area (Å²) >= 11 is 0. The molecule has 0 radical (unpaired) electrons. The van der Waals surface area contributed by atoms with Gasteiger partial charge in [0.2, 0.25) is 11.8 Å². The number of hydrogen-bond donors (Lipinski definition) is 3. The number of amides is 2. The number of hydrogen-bond acceptors (Lipinski definition) is 5. The number of nitrogen functional groups attached to an aromatic ring is 1. The number of nitrogens with one attached hydrogen (secondary N) is 2. The Balaban J connectivity index is 1.50. The van der Waals surface area contributed by atoms with Crippen molar-refractivity contribution in [3.8, 4) is 0 Å². The minimum absolute atomic E-state index is 0.162. The number of nitrogens with two attached hydrogens (primary N) is 1. The number of rotatable bonds is 10. The summed E-state index contributed by atoms with van der Waals surface area (Å²) in [4.78, 5) is 30.6. The van der Waals surface area contributed by atoms with Gasteiger partial charge in [0.1, 0.15) is 11.9 Å². The van der Waals surface area contributed by atoms with E-state index in [1.54, 1.807) is 30.3 Å². The highest BCUT2D eigenvalue weighted by Crippen LogP contribution is 2.29. The summed E-state index contributed by atoms with van der Waals surface area (Å²) < 4.78 is 13.4. The van der Waals surface area contributed by atoms with Crippen LogP contribution in [0.2, 0.25) is 0 Å². The van der Waals surface area contributed by atoms with Crippen LogP contribution in [0.1, 0.15) is 37.4 Å². The van der Waals surface area contributed by atoms with Crippen molar-refractivity contribution in [1.82, 2.24) is 9.80 Å². The van der Waals surface area contributed by atoms with Crippen LogP contribution >= 0.6 is 0 Å². The van der Waals surface area contributed by atoms with E-state index in [2.05, 4.69) is 34.3 Å². The molecule has 4 N–H and O–H groups in total. The lowest BCUT2D eigenvalue weighted by atomic mass is 10.0. The van der Waals surface area contributed by atoms with Gasteiger partial charge in [-0.25, -0.2) is 4.39 Å². The third-order valence-electron chi connectivity index (χ3n) is 7.15. The zero-order valence-electron chi connectivity index (χ0n) is 22.4. The van der Waals surface area contributed by atoms with Gasteiger partial charge in [-0.15, -0.1) is 0 Å². The molecule has 0 spiro atoms. The van der Waals surface area contributed by atoms with Crippen LogP contribution in [0.15, 0.2) is 78.9 Å². The number of anilines is 3. The first kappa shape index (κ1) is 28.0. The normalized spacial score (nSPS) is 16.5. The van der Waals surface area contributed by atoms with Gasteiger partial charge in [0.05, 0.1) is 11.4 Å². The lowest BCUT2D eigenvalue weighted by Gasteiger charge is -2.30. The number of halogens is 1. The van der Waals surface area contributed by atoms with Crippen LogP contribution in [0.3, 0.4) is 0 Å². The van der Waals surface area contributed by atoms with E-state index in [1.165, 1.54) is 18.2 Å². The monoisotopic (exact) mass is 529 g/mol. The molecule has 0 aromatic heterocycles. The predicted molar refractivity (Wildman–Crippen MR) is 156 cm³/mol. The molecule has 8 heteroatoms. The van der Waals surface area contributed by atoms with E-state index >= 15 is 0 Å². The minimum atomic E-state index is -0.502. The summed E-state index contributed by atoms with van der Waals surface area (Å²) in [6.45, 7) is 7.83. The highest BCUT2D eigenvalue weighted by Gasteiger charge is 2.35. The first-order chi connectivity index (χ1) is 18.9. The molecule has 1 aliphatic heterocycles. The number of likely N-dealkylation sites (N-methyl/N-ethyl adjacent to an activating group) is 1. The Morgan fingerprint density at radius 3 is 2.38 bits per heavy atom. The van der Waals surface area contributed by atoms with Gasteiger partial charge >= 0.3 is 0 Å². The third-order valence-corrected chi connectivity index (χ3v) is 7.15. The molecule has 2 atom stereocenters. The molecule has 39 heavy (non-hydrogen) atoms. The number of benzene rings is 3. The molecule has 1 saturated heterocycles. The number of nitrogens with zero attached hydrogens (tertiary/aromatic N) is 2. The average molecular weight is 530 g/mol. The molecular formula is C31H36FN5O2. The maximum Gasteiger partial charge on any atom is 0.248 e. The van der Waals surface area contributed by atoms with E-state index in [1.807, 2.05) is 36.4 Å². The topological polar surface area (TPSA) is 90.7 Å². The molecule has 7 nitrogen and oxygen atoms in total. The van der Waals surface area contributed by atoms with Crippen molar-refractivity contribution in [3.63, 3.8) is 0 Å². The van der Waals surface area contributed by atoms with Gasteiger partial charge in [-0.1, -0.05) is 50.2 Å². The Hall–Kier alpha value is -4.01. The zero-order chi connectivity index (χ0) is 27.8. The van der Waals surface area contributed by atoms with Crippen LogP contribution in [0, 0.1) is 5.82 Å². The summed E-state index contributed by atoms with van der Waals surface area (Å²) in [5.41, 5.74) is 9.19. The van der Waals surface area contributed by atoms with Crippen LogP contribution in [0.5, 0.6) is 0 Å². The standard InChI is InChI=1S/C31H36FN5O2/c1-3-36(4-2)26-19-20-37(21-26)30(31(39)34-25-16-14-24(32)15-17-25)23-12-9-22(10-13-23)11-18-29(38)35-28-8-6-5-7-27(28)33/h5-18,26,30H,3-4,19-21,33H2,1-2H3,(H,34,39)(H,35,38). The van der Waals surface area contributed by atoms with Gasteiger partial charge in [-0.3, -0.25) is 19.4 Å². The van der Waals surface area contributed by atoms with Gasteiger partial charge in [0.25, 0.3) is 0 Å². The number of para-hydroxylation sites is 2. The lowest BCUT2D eigenvalue weighted by Crippen LogP contribution is -2.40. The van der Waals surface area contributed by atoms with Crippen LogP contribution in [-0.2, 0) is 9.59 Å². The summed E-state index contributed by atoms with van der Waals surface area (Å²) in [5.74, 6) is -0.798. The summed E-state index contributed by atoms with van der Waals surface area (Å²) in [6, 6.07) is 20.4. The number of likely N-dealkylation sites (tertiary alicyclic amines) is 1. The molecule has 2 unspecified atom stereocenters. The second kappa shape index (κ2) is 13.2. The van der Waals surface area contributed by atoms with E-state index in [9.17, 15) is 14.0 Å². The fraction of sp³-hybridized carbons (Fsp3) is 0.290. The first-order valence-corrected chi connectivity index (χ1v) is 13.4. The van der Waals surface area contributed by atoms with E-state index in [4.69, 9.17) is 5.73 Å². The molecule has 0 aliphatic carbocycles. The van der Waals surface area contributed by atoms with E-state index < -0.39 is 6.04 Å². The van der Waals surface area contributed by atoms with Crippen LogP contribution in [0.25, 0.3) is 6.08 Å². The molecule has 3 aromatic rings. The molecule has 204 valence electrons. The fourth-order valence-electron chi connectivity index (χ4n) is 5.06. The second-order valence-electron chi connectivity index (χ2n) is 9.63. The first-order valence-electron chi connectivity index (χ1n) is 13.4. The molecule has 2 amide bonds. The van der Waals surface area contributed by atoms with Crippen LogP contribution in [-0.4, -0.2) is 53.8 Å². The molecule has 1 heterocycles. The Morgan fingerprint density at radius 2 is 1.72 bits per heavy atom. The third kappa shape index (κ3) is 7.31. The Morgan fingerprint density at radius 1 is 1.03 bits per heavy atom. The SMILES string of the molecule is CCN(CC)C1CCN(C(C(=O)Nc2ccc(F)cc2)c2ccc(C=CC(=O)Nc3ccccc3N)cc2)C1. The lowest BCUT2D eigenvalue weighted by molar-refractivity contribution is -0.121. The van der Waals surface area contributed by atoms with Gasteiger partial charge in [0, 0.05) is 30.9 Å². The Kier molecular flexibility index (Phi) is 9.46. The van der Waals surface area contributed by atoms with Crippen LogP contribution in [0.4, 0.5) is 21.5 Å². The molecule has 1 aliphatic rings. The van der Waals surface area contributed by atoms with Gasteiger partial charge in [-0.05, 0) is 73.1 Å². The second-order valence-corrected chi connectivity index (χ2v) is 9.63. The maximum atomic E-state index is 13.6. The molecular weight excluding hydrogens is 493 g/mol. The molecule has 0 saturated carbocycles. The Labute approximate surface area is 229 Å². The molecule has 4 rings (SSSR count). The summed E-state index contributed by atoms with van der Waals surface area (Å²) in [7, 11) is 0. The average Bonchev–Trinajstić information content (AvgIpc) is 3.41. The zero-order valence-corrected chi connectivity index (χ0v) is 22.4. The Bertz CT molecular complexity index is 1290. The van der Waals surface area contributed by atoms with Crippen LogP contribution < -0.4 is 16.4 Å². The maximum absolute atomic E-state index is 13.6. The van der Waals surface area contributed by atoms with Gasteiger partial charge in [-0.2, -0.15) is 0 Å². The van der Waals surface area contributed by atoms with E-state index in [0.717, 1.165) is 43.7 Å². The van der Waals surface area contributed by atoms with Crippen molar-refractivity contribution in [2.45, 2.75) is 32.4 Å². The molecule has 1 fully saturated rings. The summed E-state index contributed by atoms with van der Waals surface area (Å²) in [5, 5.41) is 5.73. The minimum Gasteiger partial charge on any atom is -0.397 e. The molecule has 0 bridgehead atoms. The van der Waals surface area contributed by atoms with E-state index in [-0.39, 0.29) is 17.6 Å². The number of carbonyl (C=O) groups is 2. The predicted octanol–water partition coefficient (Wildman–Crippen LogP) is 5.16. The fourth-order valence-corrected chi connectivity index (χ4v) is 5.06. The highest BCUT2D eigenvalue weighted by atomic mass is 19.1. The van der Waals surface area contributed by atoms with Gasteiger partial charge in [0.15, 0.2) is 0 Å². The highest BCUT2D eigenvalue weighted by molar-refractivity contribution is 6.03. The van der Waals surface area contributed by atoms with Crippen molar-refractivity contribution < 1.29 is 14.0 Å². The van der Waals surface area contributed by atoms with Gasteiger partial charge < -0.3 is 16.4 Å². The van der Waals surface area contributed by atoms with Crippen molar-refractivity contribution in [2.24, 2.45) is 0 Å². The quantitative estimate of drug-likeness (QED) is 0.249. The van der Waals surface area contributed by atoms with Crippen molar-refractivity contribution in [2.75, 3.05) is 42.5 Å². The largest absolute Gasteiger partial charge is 0.397 e. The van der Waals surface area contributed by atoms with Crippen molar-refractivity contribution in [3.05, 3.63) is 95.8 Å². The smallest absolute Gasteiger partial charge is 0.248 e. The van der Waals surface area contributed by atoms with Crippen molar-refractivity contribution in [1.29, 1.82) is 0 Å². The number of carbonyl (C=O) groups excluding carboxylic acids is 2. The summed E-state index contributed by atoms with van der Waals surface area (Å²) in [6.07, 6.45) is 4.16. The van der Waals surface area contributed by atoms with E-state index in [0.29, 0.717) is 23.1 Å².